The molecule has 7 aromatic carbocycles. The van der Waals surface area contributed by atoms with E-state index >= 15 is 0 Å². The van der Waals surface area contributed by atoms with Crippen LogP contribution in [-0.4, -0.2) is 24.6 Å². The van der Waals surface area contributed by atoms with Crippen molar-refractivity contribution in [2.24, 2.45) is 0 Å². The standard InChI is InChI=1S/C63H59N4O3.Pt/c1-60(2,3)40-30-38(29-39(31-40)54-53-45-32-37-25-26-51-56(66-59(70-51)63(10,11)12)44(37)35-52(45)69-50(53)27-28-64-54)43-22-18-24-49-55(43)65-58(46-33-41(61(4,5)6)34-47(57(46)68)62(7,8)9)67(49)48-23-17-16-21-42(48)36-19-14-13-15-20-36;/h13-28,30-35,68H,1-12H3;/q-1;. The molecule has 0 fully saturated rings. The molecule has 1 N–H and O–H groups in total. The van der Waals surface area contributed by atoms with Crippen LogP contribution in [0, 0.1) is 6.07 Å². The summed E-state index contributed by atoms with van der Waals surface area (Å²) in [5.41, 5.74) is 14.2. The zero-order valence-corrected chi connectivity index (χ0v) is 44.8. The third kappa shape index (κ3) is 8.26. The fraction of sp³-hybridized carbons (Fsp3) is 0.254. The number of phenols is 1. The molecule has 0 aliphatic heterocycles. The van der Waals surface area contributed by atoms with Gasteiger partial charge >= 0.3 is 0 Å². The number of fused-ring (bicyclic) bond motifs is 7. The van der Waals surface area contributed by atoms with Gasteiger partial charge in [-0.05, 0) is 75.2 Å². The summed E-state index contributed by atoms with van der Waals surface area (Å²) in [6, 6.07) is 48.4. The van der Waals surface area contributed by atoms with Crippen LogP contribution in [0.3, 0.4) is 0 Å². The topological polar surface area (TPSA) is 90.1 Å². The first-order valence-corrected chi connectivity index (χ1v) is 24.3. The van der Waals surface area contributed by atoms with Crippen molar-refractivity contribution in [1.29, 1.82) is 0 Å². The molecule has 11 aromatic rings. The number of rotatable bonds is 5. The summed E-state index contributed by atoms with van der Waals surface area (Å²) < 4.78 is 15.2. The van der Waals surface area contributed by atoms with Crippen molar-refractivity contribution in [1.82, 2.24) is 19.5 Å². The Hall–Kier alpha value is -6.82. The van der Waals surface area contributed by atoms with Gasteiger partial charge in [-0.1, -0.05) is 167 Å². The van der Waals surface area contributed by atoms with Gasteiger partial charge in [-0.3, -0.25) is 9.55 Å². The number of oxazole rings is 1. The minimum Gasteiger partial charge on any atom is -0.507 e. The van der Waals surface area contributed by atoms with Crippen molar-refractivity contribution >= 4 is 54.8 Å². The van der Waals surface area contributed by atoms with Crippen LogP contribution in [-0.2, 0) is 42.7 Å². The van der Waals surface area contributed by atoms with E-state index in [4.69, 9.17) is 23.8 Å². The van der Waals surface area contributed by atoms with E-state index in [-0.39, 0.29) is 48.5 Å². The van der Waals surface area contributed by atoms with Crippen LogP contribution in [0.25, 0.3) is 105 Å². The van der Waals surface area contributed by atoms with Gasteiger partial charge in [0.15, 0.2) is 5.58 Å². The fourth-order valence-corrected chi connectivity index (χ4v) is 9.81. The van der Waals surface area contributed by atoms with Gasteiger partial charge < -0.3 is 13.9 Å². The monoisotopic (exact) mass is 1110 g/mol. The Morgan fingerprint density at radius 2 is 1.23 bits per heavy atom. The van der Waals surface area contributed by atoms with Crippen molar-refractivity contribution in [2.75, 3.05) is 0 Å². The number of pyridine rings is 1. The van der Waals surface area contributed by atoms with E-state index in [9.17, 15) is 5.11 Å². The third-order valence-electron chi connectivity index (χ3n) is 13.7. The molecule has 0 saturated heterocycles. The van der Waals surface area contributed by atoms with E-state index in [2.05, 4.69) is 203 Å². The number of hydrogen-bond donors (Lipinski definition) is 1. The molecule has 4 heterocycles. The summed E-state index contributed by atoms with van der Waals surface area (Å²) in [6.07, 6.45) is 1.82. The van der Waals surface area contributed by atoms with E-state index in [0.29, 0.717) is 17.3 Å². The van der Waals surface area contributed by atoms with E-state index in [1.807, 2.05) is 24.4 Å². The molecule has 0 aliphatic carbocycles. The van der Waals surface area contributed by atoms with E-state index in [0.717, 1.165) is 111 Å². The molecular formula is C63H59N4O3Pt-. The number of nitrogens with zero attached hydrogens (tertiary/aromatic N) is 4. The normalized spacial score (nSPS) is 12.7. The van der Waals surface area contributed by atoms with Gasteiger partial charge in [0.1, 0.15) is 28.3 Å². The summed E-state index contributed by atoms with van der Waals surface area (Å²) in [6.45, 7) is 26.2. The smallest absolute Gasteiger partial charge is 0.200 e. The molecule has 4 aromatic heterocycles. The number of para-hydroxylation sites is 2. The van der Waals surface area contributed by atoms with E-state index < -0.39 is 0 Å². The molecule has 11 rings (SSSR count). The molecular weight excluding hydrogens is 1060 g/mol. The zero-order valence-electron chi connectivity index (χ0n) is 42.6. The second-order valence-electron chi connectivity index (χ2n) is 23.1. The van der Waals surface area contributed by atoms with Gasteiger partial charge in [-0.25, -0.2) is 9.97 Å². The van der Waals surface area contributed by atoms with Crippen LogP contribution in [0.1, 0.15) is 106 Å². The number of hydrogen-bond acceptors (Lipinski definition) is 6. The van der Waals surface area contributed by atoms with Gasteiger partial charge in [0.05, 0.1) is 22.3 Å². The van der Waals surface area contributed by atoms with Gasteiger partial charge in [0.2, 0.25) is 5.89 Å². The van der Waals surface area contributed by atoms with Gasteiger partial charge in [-0.2, -0.15) is 0 Å². The number of aromatic nitrogens is 4. The summed E-state index contributed by atoms with van der Waals surface area (Å²) in [5.74, 6) is 1.60. The maximum Gasteiger partial charge on any atom is 0.200 e. The largest absolute Gasteiger partial charge is 0.507 e. The van der Waals surface area contributed by atoms with Gasteiger partial charge in [0.25, 0.3) is 0 Å². The fourth-order valence-electron chi connectivity index (χ4n) is 9.81. The van der Waals surface area contributed by atoms with Crippen molar-refractivity contribution in [3.05, 3.63) is 162 Å². The van der Waals surface area contributed by atoms with Crippen molar-refractivity contribution in [2.45, 2.75) is 105 Å². The third-order valence-corrected chi connectivity index (χ3v) is 13.7. The Morgan fingerprint density at radius 3 is 1.94 bits per heavy atom. The molecule has 0 bridgehead atoms. The van der Waals surface area contributed by atoms with Crippen LogP contribution >= 0.6 is 0 Å². The zero-order chi connectivity index (χ0) is 49.2. The molecule has 0 spiro atoms. The number of benzene rings is 7. The van der Waals surface area contributed by atoms with Crippen molar-refractivity contribution < 1.29 is 35.0 Å². The molecule has 0 atom stereocenters. The van der Waals surface area contributed by atoms with E-state index in [1.54, 1.807) is 0 Å². The first-order valence-electron chi connectivity index (χ1n) is 24.3. The number of furan rings is 1. The molecule has 0 amide bonds. The molecule has 71 heavy (non-hydrogen) atoms. The Bertz CT molecular complexity index is 3880. The first kappa shape index (κ1) is 47.8. The molecule has 0 unspecified atom stereocenters. The summed E-state index contributed by atoms with van der Waals surface area (Å²) in [4.78, 5) is 15.8. The number of phenolic OH excluding ortho intramolecular Hbond substituents is 1. The second-order valence-corrected chi connectivity index (χ2v) is 23.1. The van der Waals surface area contributed by atoms with Gasteiger partial charge in [-0.15, -0.1) is 29.3 Å². The molecule has 360 valence electrons. The minimum absolute atomic E-state index is 0. The predicted octanol–water partition coefficient (Wildman–Crippen LogP) is 17.0. The number of imidazole rings is 1. The molecule has 0 radical (unpaired) electrons. The maximum absolute atomic E-state index is 12.5. The molecule has 8 heteroatoms. The molecule has 0 saturated carbocycles. The van der Waals surface area contributed by atoms with Crippen LogP contribution < -0.4 is 0 Å². The first-order chi connectivity index (χ1) is 33.1. The molecule has 7 nitrogen and oxygen atoms in total. The van der Waals surface area contributed by atoms with Crippen LogP contribution in [0.15, 0.2) is 142 Å². The maximum atomic E-state index is 12.5. The Balaban J connectivity index is 0.00000582. The molecule has 0 aliphatic rings. The van der Waals surface area contributed by atoms with Crippen molar-refractivity contribution in [3.63, 3.8) is 0 Å². The van der Waals surface area contributed by atoms with Crippen LogP contribution in [0.5, 0.6) is 5.75 Å². The SMILES string of the molecule is CC(C)(C)c1cc(-c2cccc3c2nc(-c2cc(C(C)(C)C)cc(C(C)(C)C)c2O)n3-c2ccccc2-c2ccccc2)[c-]c(-c2nccc3oc4cc5c(ccc6oc(C(C)(C)C)nc65)cc4c23)c1.[Pt]. The second kappa shape index (κ2) is 16.9. The van der Waals surface area contributed by atoms with Crippen LogP contribution in [0.2, 0.25) is 0 Å². The van der Waals surface area contributed by atoms with Crippen molar-refractivity contribution in [3.8, 4) is 56.3 Å². The van der Waals surface area contributed by atoms with Gasteiger partial charge in [0, 0.05) is 65.7 Å². The average Bonchev–Trinajstić information content (AvgIpc) is 4.04. The summed E-state index contributed by atoms with van der Waals surface area (Å²) in [7, 11) is 0. The Morgan fingerprint density at radius 1 is 0.535 bits per heavy atom. The number of aromatic hydroxyl groups is 1. The predicted molar refractivity (Wildman–Crippen MR) is 288 cm³/mol. The Labute approximate surface area is 430 Å². The van der Waals surface area contributed by atoms with E-state index in [1.165, 1.54) is 0 Å². The average molecular weight is 1120 g/mol. The summed E-state index contributed by atoms with van der Waals surface area (Å²) >= 11 is 0. The minimum atomic E-state index is -0.340. The summed E-state index contributed by atoms with van der Waals surface area (Å²) in [5, 5.41) is 16.4. The quantitative estimate of drug-likeness (QED) is 0.173. The Kier molecular flexibility index (Phi) is 11.4. The van der Waals surface area contributed by atoms with Crippen LogP contribution in [0.4, 0.5) is 0 Å².